The van der Waals surface area contributed by atoms with Gasteiger partial charge in [0.15, 0.2) is 5.65 Å². The predicted molar refractivity (Wildman–Crippen MR) is 140 cm³/mol. The lowest BCUT2D eigenvalue weighted by atomic mass is 10.1. The fourth-order valence-corrected chi connectivity index (χ4v) is 4.57. The van der Waals surface area contributed by atoms with Gasteiger partial charge in [0.05, 0.1) is 24.7 Å². The number of fused-ring (bicyclic) bond motifs is 1. The van der Waals surface area contributed by atoms with E-state index in [1.807, 2.05) is 47.0 Å². The van der Waals surface area contributed by atoms with Gasteiger partial charge in [-0.05, 0) is 17.7 Å². The molecule has 5 aromatic rings. The van der Waals surface area contributed by atoms with Gasteiger partial charge in [0.25, 0.3) is 0 Å². The number of nitrogens with zero attached hydrogens (tertiary/aromatic N) is 8. The topological polar surface area (TPSA) is 102 Å². The quantitative estimate of drug-likeness (QED) is 0.367. The van der Waals surface area contributed by atoms with Crippen LogP contribution >= 0.6 is 0 Å². The Bertz CT molecular complexity index is 1450. The van der Waals surface area contributed by atoms with E-state index in [0.29, 0.717) is 19.0 Å². The number of piperazine rings is 1. The van der Waals surface area contributed by atoms with Crippen LogP contribution in [0.3, 0.4) is 0 Å². The third-order valence-corrected chi connectivity index (χ3v) is 6.42. The van der Waals surface area contributed by atoms with Crippen LogP contribution in [0.2, 0.25) is 0 Å². The van der Waals surface area contributed by atoms with Crippen molar-refractivity contribution in [3.8, 4) is 11.3 Å². The average Bonchev–Trinajstić information content (AvgIpc) is 3.53. The van der Waals surface area contributed by atoms with Crippen LogP contribution < -0.4 is 15.5 Å². The smallest absolute Gasteiger partial charge is 0.224 e. The Balaban J connectivity index is 1.30. The lowest BCUT2D eigenvalue weighted by molar-refractivity contribution is 0.589. The number of aromatic nitrogens is 7. The molecule has 1 saturated heterocycles. The van der Waals surface area contributed by atoms with Gasteiger partial charge in [0, 0.05) is 50.7 Å². The minimum absolute atomic E-state index is 0.463. The fourth-order valence-electron chi connectivity index (χ4n) is 4.57. The van der Waals surface area contributed by atoms with Gasteiger partial charge in [0.1, 0.15) is 11.4 Å². The van der Waals surface area contributed by atoms with Gasteiger partial charge < -0.3 is 15.5 Å². The molecule has 3 aromatic heterocycles. The van der Waals surface area contributed by atoms with E-state index >= 15 is 0 Å². The van der Waals surface area contributed by atoms with Crippen molar-refractivity contribution >= 4 is 22.7 Å². The van der Waals surface area contributed by atoms with E-state index in [1.54, 1.807) is 0 Å². The lowest BCUT2D eigenvalue weighted by Gasteiger charge is -2.29. The third kappa shape index (κ3) is 4.50. The Labute approximate surface area is 209 Å². The molecule has 0 radical (unpaired) electrons. The summed E-state index contributed by atoms with van der Waals surface area (Å²) < 4.78 is 3.73. The number of benzene rings is 2. The summed E-state index contributed by atoms with van der Waals surface area (Å²) >= 11 is 0. The number of hydrogen-bond donors (Lipinski definition) is 2. The highest BCUT2D eigenvalue weighted by atomic mass is 15.4. The molecule has 6 rings (SSSR count). The molecule has 0 aliphatic carbocycles. The van der Waals surface area contributed by atoms with Crippen LogP contribution in [0.25, 0.3) is 22.3 Å². The molecule has 0 spiro atoms. The molecule has 4 heterocycles. The Kier molecular flexibility index (Phi) is 6.00. The van der Waals surface area contributed by atoms with E-state index in [1.165, 1.54) is 11.3 Å². The monoisotopic (exact) mass is 480 g/mol. The number of rotatable bonds is 7. The number of anilines is 2. The Morgan fingerprint density at radius 3 is 2.56 bits per heavy atom. The van der Waals surface area contributed by atoms with Crippen LogP contribution in [0, 0.1) is 0 Å². The molecular formula is C26H28N10. The summed E-state index contributed by atoms with van der Waals surface area (Å²) in [6.07, 6.45) is 3.80. The summed E-state index contributed by atoms with van der Waals surface area (Å²) in [7, 11) is 1.81. The normalized spacial score (nSPS) is 13.9. The molecule has 1 fully saturated rings. The van der Waals surface area contributed by atoms with Crippen LogP contribution in [0.5, 0.6) is 0 Å². The first-order valence-corrected chi connectivity index (χ1v) is 12.2. The van der Waals surface area contributed by atoms with E-state index in [0.717, 1.165) is 54.2 Å². The summed E-state index contributed by atoms with van der Waals surface area (Å²) in [4.78, 5) is 11.6. The molecule has 0 atom stereocenters. The predicted octanol–water partition coefficient (Wildman–Crippen LogP) is 2.63. The summed E-state index contributed by atoms with van der Waals surface area (Å²) in [5, 5.41) is 21.0. The maximum absolute atomic E-state index is 4.95. The molecular weight excluding hydrogens is 452 g/mol. The van der Waals surface area contributed by atoms with E-state index < -0.39 is 0 Å². The minimum Gasteiger partial charge on any atom is -0.369 e. The largest absolute Gasteiger partial charge is 0.369 e. The average molecular weight is 481 g/mol. The molecule has 2 N–H and O–H groups in total. The first-order chi connectivity index (χ1) is 17.8. The van der Waals surface area contributed by atoms with Crippen molar-refractivity contribution in [1.29, 1.82) is 0 Å². The first-order valence-electron chi connectivity index (χ1n) is 12.2. The Hall–Kier alpha value is -4.31. The van der Waals surface area contributed by atoms with Crippen LogP contribution in [-0.4, -0.2) is 68.0 Å². The zero-order valence-corrected chi connectivity index (χ0v) is 20.2. The highest BCUT2D eigenvalue weighted by Crippen LogP contribution is 2.29. The van der Waals surface area contributed by atoms with Crippen molar-refractivity contribution in [2.24, 2.45) is 0 Å². The molecule has 10 nitrogen and oxygen atoms in total. The molecule has 10 heteroatoms. The van der Waals surface area contributed by atoms with Crippen molar-refractivity contribution in [2.45, 2.75) is 13.1 Å². The fraction of sp³-hybridized carbons (Fsp3) is 0.269. The number of nitrogens with one attached hydrogen (secondary N) is 2. The first kappa shape index (κ1) is 22.2. The van der Waals surface area contributed by atoms with Crippen LogP contribution in [-0.2, 0) is 13.1 Å². The van der Waals surface area contributed by atoms with Gasteiger partial charge in [-0.25, -0.2) is 14.3 Å². The van der Waals surface area contributed by atoms with Crippen LogP contribution in [0.1, 0.15) is 11.3 Å². The second-order valence-electron chi connectivity index (χ2n) is 8.86. The standard InChI is InChI=1S/C26H28N10/c1-27-26-29-15-23-24(20-7-9-22(10-8-20)34-13-11-28-12-14-34)32-36(25(23)30-26)18-21-17-35(33-31-21)16-19-5-3-2-4-6-19/h2-10,15,17,28H,11-14,16,18H2,1H3,(H,27,29,30). The molecule has 36 heavy (non-hydrogen) atoms. The van der Waals surface area contributed by atoms with Crippen LogP contribution in [0.4, 0.5) is 11.6 Å². The Morgan fingerprint density at radius 1 is 0.972 bits per heavy atom. The van der Waals surface area contributed by atoms with Crippen molar-refractivity contribution in [3.05, 3.63) is 78.2 Å². The molecule has 182 valence electrons. The van der Waals surface area contributed by atoms with Gasteiger partial charge in [0.2, 0.25) is 5.95 Å². The Morgan fingerprint density at radius 2 is 1.78 bits per heavy atom. The maximum Gasteiger partial charge on any atom is 0.224 e. The second-order valence-corrected chi connectivity index (χ2v) is 8.86. The summed E-state index contributed by atoms with van der Waals surface area (Å²) in [6, 6.07) is 18.8. The van der Waals surface area contributed by atoms with E-state index in [9.17, 15) is 0 Å². The lowest BCUT2D eigenvalue weighted by Crippen LogP contribution is -2.43. The van der Waals surface area contributed by atoms with Crippen molar-refractivity contribution < 1.29 is 0 Å². The van der Waals surface area contributed by atoms with Gasteiger partial charge >= 0.3 is 0 Å². The SMILES string of the molecule is CNc1ncc2c(-c3ccc(N4CCNCC4)cc3)nn(Cc3cn(Cc4ccccc4)nn3)c2n1. The molecule has 0 saturated carbocycles. The molecule has 0 unspecified atom stereocenters. The molecule has 2 aromatic carbocycles. The summed E-state index contributed by atoms with van der Waals surface area (Å²) in [5.41, 5.74) is 5.88. The van der Waals surface area contributed by atoms with Crippen molar-refractivity contribution in [2.75, 3.05) is 43.4 Å². The van der Waals surface area contributed by atoms with Crippen LogP contribution in [0.15, 0.2) is 67.0 Å². The highest BCUT2D eigenvalue weighted by Gasteiger charge is 2.17. The second kappa shape index (κ2) is 9.74. The molecule has 1 aliphatic heterocycles. The third-order valence-electron chi connectivity index (χ3n) is 6.42. The molecule has 0 amide bonds. The van der Waals surface area contributed by atoms with Crippen molar-refractivity contribution in [3.63, 3.8) is 0 Å². The minimum atomic E-state index is 0.463. The molecule has 1 aliphatic rings. The number of hydrogen-bond acceptors (Lipinski definition) is 8. The highest BCUT2D eigenvalue weighted by molar-refractivity contribution is 5.91. The van der Waals surface area contributed by atoms with Gasteiger partial charge in [-0.15, -0.1) is 5.10 Å². The molecule has 0 bridgehead atoms. The zero-order chi connectivity index (χ0) is 24.3. The zero-order valence-electron chi connectivity index (χ0n) is 20.2. The van der Waals surface area contributed by atoms with E-state index in [4.69, 9.17) is 10.1 Å². The summed E-state index contributed by atoms with van der Waals surface area (Å²) in [6.45, 7) is 5.19. The van der Waals surface area contributed by atoms with Crippen molar-refractivity contribution in [1.82, 2.24) is 40.1 Å². The van der Waals surface area contributed by atoms with Gasteiger partial charge in [-0.2, -0.15) is 10.1 Å². The van der Waals surface area contributed by atoms with E-state index in [2.05, 4.69) is 67.2 Å². The van der Waals surface area contributed by atoms with Gasteiger partial charge in [-0.3, -0.25) is 0 Å². The summed E-state index contributed by atoms with van der Waals surface area (Å²) in [5.74, 6) is 0.553. The van der Waals surface area contributed by atoms with E-state index in [-0.39, 0.29) is 0 Å². The maximum atomic E-state index is 4.95. The van der Waals surface area contributed by atoms with Gasteiger partial charge in [-0.1, -0.05) is 47.7 Å².